The van der Waals surface area contributed by atoms with Crippen LogP contribution in [0.5, 0.6) is 0 Å². The average molecular weight is 843 g/mol. The molecular formula is C48H54N6O8. The van der Waals surface area contributed by atoms with Crippen LogP contribution in [-0.4, -0.2) is 69.8 Å². The topological polar surface area (TPSA) is 205 Å². The molecule has 1 heterocycles. The predicted octanol–water partition coefficient (Wildman–Crippen LogP) is 5.28. The molecule has 0 bridgehead atoms. The number of nitrogens with zero attached hydrogens (tertiary/aromatic N) is 1. The van der Waals surface area contributed by atoms with Gasteiger partial charge in [0.25, 0.3) is 0 Å². The summed E-state index contributed by atoms with van der Waals surface area (Å²) in [7, 11) is 0. The van der Waals surface area contributed by atoms with E-state index in [1.54, 1.807) is 48.8 Å². The number of pyridine rings is 1. The molecule has 6 N–H and O–H groups in total. The van der Waals surface area contributed by atoms with Crippen LogP contribution in [0.2, 0.25) is 0 Å². The molecule has 5 rings (SSSR count). The van der Waals surface area contributed by atoms with Crippen molar-refractivity contribution in [3.63, 3.8) is 0 Å². The van der Waals surface area contributed by atoms with Gasteiger partial charge in [0.05, 0.1) is 18.6 Å². The van der Waals surface area contributed by atoms with Crippen LogP contribution in [0.1, 0.15) is 73.0 Å². The van der Waals surface area contributed by atoms with Gasteiger partial charge in [0.1, 0.15) is 18.7 Å². The third-order valence-electron chi connectivity index (χ3n) is 10.1. The number of alkyl carbamates (subject to hydrolysis) is 1. The summed E-state index contributed by atoms with van der Waals surface area (Å²) in [6.07, 6.45) is 1.27. The van der Waals surface area contributed by atoms with Crippen LogP contribution in [0.4, 0.5) is 4.79 Å². The van der Waals surface area contributed by atoms with Crippen LogP contribution in [0.3, 0.4) is 0 Å². The van der Waals surface area contributed by atoms with E-state index in [-0.39, 0.29) is 56.8 Å². The van der Waals surface area contributed by atoms with Crippen molar-refractivity contribution in [1.29, 1.82) is 0 Å². The highest BCUT2D eigenvalue weighted by Gasteiger charge is 2.32. The first-order valence-corrected chi connectivity index (χ1v) is 20.7. The molecule has 4 aromatic carbocycles. The molecule has 5 aromatic rings. The minimum absolute atomic E-state index is 0.00872. The lowest BCUT2D eigenvalue weighted by Gasteiger charge is -2.29. The molecule has 62 heavy (non-hydrogen) atoms. The summed E-state index contributed by atoms with van der Waals surface area (Å²) in [6.45, 7) is 3.76. The number of amides is 5. The summed E-state index contributed by atoms with van der Waals surface area (Å²) in [6, 6.07) is 31.3. The van der Waals surface area contributed by atoms with E-state index in [0.29, 0.717) is 11.1 Å². The summed E-state index contributed by atoms with van der Waals surface area (Å²) in [5.41, 5.74) is 7.40. The Kier molecular flexibility index (Phi) is 17.7. The number of hydrogen-bond acceptors (Lipinski definition) is 9. The molecule has 0 radical (unpaired) electrons. The number of rotatable bonds is 21. The van der Waals surface area contributed by atoms with Gasteiger partial charge in [0.15, 0.2) is 5.78 Å². The minimum atomic E-state index is -1.38. The number of ketones is 1. The Morgan fingerprint density at radius 2 is 1.27 bits per heavy atom. The van der Waals surface area contributed by atoms with E-state index >= 15 is 0 Å². The van der Waals surface area contributed by atoms with Gasteiger partial charge in [-0.05, 0) is 58.4 Å². The van der Waals surface area contributed by atoms with E-state index in [0.717, 1.165) is 21.9 Å². The van der Waals surface area contributed by atoms with Gasteiger partial charge in [-0.25, -0.2) is 4.79 Å². The Morgan fingerprint density at radius 1 is 0.645 bits per heavy atom. The second kappa shape index (κ2) is 23.8. The average Bonchev–Trinajstić information content (AvgIpc) is 3.27. The Balaban J connectivity index is 1.25. The summed E-state index contributed by atoms with van der Waals surface area (Å²) in [5.74, 6) is -2.60. The lowest BCUT2D eigenvalue weighted by Crippen LogP contribution is -2.57. The highest BCUT2D eigenvalue weighted by molar-refractivity contribution is 5.96. The van der Waals surface area contributed by atoms with Gasteiger partial charge in [-0.3, -0.25) is 39.8 Å². The monoisotopic (exact) mass is 842 g/mol. The zero-order chi connectivity index (χ0) is 44.3. The standard InChI is InChI=1S/C48H54N6O8/c1-32(2)27-39(43(56)30-45(58)54-53-44(57)22-12-21-42(55)36-16-7-4-8-17-36)50-46(59)40(28-33-23-25-49-26-24-33)51-47(60)41(52-48(61)62-31-34-13-5-3-6-14-34)29-37-19-11-18-35-15-9-10-20-38(35)37/h3-11,13-20,23-26,32,39-41,43,56H,12,21-22,27-31H2,1-2H3,(H,50,59)(H,51,60)(H,52,61)(H,53,57)(H,54,58)/t39-,40?,41-,43-/m0/s1. The van der Waals surface area contributed by atoms with E-state index in [9.17, 15) is 33.9 Å². The molecule has 324 valence electrons. The fourth-order valence-corrected chi connectivity index (χ4v) is 6.91. The van der Waals surface area contributed by atoms with Gasteiger partial charge < -0.3 is 25.8 Å². The smallest absolute Gasteiger partial charge is 0.408 e. The number of nitrogens with one attached hydrogen (secondary N) is 5. The number of aliphatic hydroxyl groups is 1. The maximum atomic E-state index is 14.3. The van der Waals surface area contributed by atoms with Crippen LogP contribution in [0, 0.1) is 5.92 Å². The molecule has 0 aliphatic rings. The van der Waals surface area contributed by atoms with Crippen molar-refractivity contribution in [2.45, 2.75) is 89.6 Å². The predicted molar refractivity (Wildman–Crippen MR) is 234 cm³/mol. The Hall–Kier alpha value is -6.93. The molecule has 1 aromatic heterocycles. The first kappa shape index (κ1) is 46.1. The number of hydrazine groups is 1. The molecule has 0 aliphatic heterocycles. The largest absolute Gasteiger partial charge is 0.445 e. The van der Waals surface area contributed by atoms with Crippen molar-refractivity contribution in [3.05, 3.63) is 150 Å². The van der Waals surface area contributed by atoms with Crippen LogP contribution in [0.15, 0.2) is 128 Å². The Bertz CT molecular complexity index is 2250. The number of aliphatic hydroxyl groups excluding tert-OH is 1. The molecule has 0 saturated carbocycles. The molecule has 0 spiro atoms. The first-order chi connectivity index (χ1) is 29.9. The van der Waals surface area contributed by atoms with Gasteiger partial charge in [-0.2, -0.15) is 0 Å². The summed E-state index contributed by atoms with van der Waals surface area (Å²) < 4.78 is 5.49. The number of ether oxygens (including phenoxy) is 1. The van der Waals surface area contributed by atoms with Crippen molar-refractivity contribution in [1.82, 2.24) is 31.8 Å². The van der Waals surface area contributed by atoms with E-state index in [2.05, 4.69) is 31.8 Å². The van der Waals surface area contributed by atoms with Crippen molar-refractivity contribution in [3.8, 4) is 0 Å². The first-order valence-electron chi connectivity index (χ1n) is 20.7. The third-order valence-corrected chi connectivity index (χ3v) is 10.1. The van der Waals surface area contributed by atoms with Crippen LogP contribution in [-0.2, 0) is 43.4 Å². The molecule has 14 heteroatoms. The van der Waals surface area contributed by atoms with E-state index in [4.69, 9.17) is 4.74 Å². The maximum absolute atomic E-state index is 14.3. The van der Waals surface area contributed by atoms with Gasteiger partial charge in [-0.15, -0.1) is 0 Å². The SMILES string of the molecule is CC(C)C[C@H](NC(=O)C(Cc1ccncc1)NC(=O)[C@H](Cc1cccc2ccccc12)NC(=O)OCc1ccccc1)[C@@H](O)CC(=O)NNC(=O)CCCC(=O)c1ccccc1. The summed E-state index contributed by atoms with van der Waals surface area (Å²) in [4.78, 5) is 83.5. The fourth-order valence-electron chi connectivity index (χ4n) is 6.91. The number of benzene rings is 4. The lowest BCUT2D eigenvalue weighted by atomic mass is 9.96. The van der Waals surface area contributed by atoms with Crippen molar-refractivity contribution in [2.75, 3.05) is 0 Å². The van der Waals surface area contributed by atoms with Gasteiger partial charge in [0, 0.05) is 43.6 Å². The Labute approximate surface area is 361 Å². The van der Waals surface area contributed by atoms with Crippen molar-refractivity contribution < 1.29 is 38.6 Å². The number of carbonyl (C=O) groups is 6. The van der Waals surface area contributed by atoms with Gasteiger partial charge in [0.2, 0.25) is 23.6 Å². The van der Waals surface area contributed by atoms with Gasteiger partial charge in [-0.1, -0.05) is 117 Å². The van der Waals surface area contributed by atoms with Gasteiger partial charge >= 0.3 is 6.09 Å². The molecule has 1 unspecified atom stereocenters. The van der Waals surface area contributed by atoms with E-state index in [1.165, 1.54) is 0 Å². The number of Topliss-reactive ketones (excluding diaryl/α,β-unsaturated/α-hetero) is 1. The highest BCUT2D eigenvalue weighted by atomic mass is 16.5. The molecule has 4 atom stereocenters. The number of aromatic nitrogens is 1. The maximum Gasteiger partial charge on any atom is 0.408 e. The summed E-state index contributed by atoms with van der Waals surface area (Å²) in [5, 5.41) is 21.6. The fraction of sp³-hybridized carbons (Fsp3) is 0.312. The zero-order valence-corrected chi connectivity index (χ0v) is 34.9. The lowest BCUT2D eigenvalue weighted by molar-refractivity contribution is -0.132. The van der Waals surface area contributed by atoms with Crippen LogP contribution >= 0.6 is 0 Å². The molecule has 0 aliphatic carbocycles. The normalized spacial score (nSPS) is 12.9. The van der Waals surface area contributed by atoms with E-state index in [1.807, 2.05) is 92.7 Å². The molecule has 5 amide bonds. The van der Waals surface area contributed by atoms with Crippen LogP contribution in [0.25, 0.3) is 10.8 Å². The molecular weight excluding hydrogens is 789 g/mol. The van der Waals surface area contributed by atoms with E-state index < -0.39 is 60.4 Å². The molecule has 0 saturated heterocycles. The quantitative estimate of drug-likeness (QED) is 0.0420. The second-order valence-corrected chi connectivity index (χ2v) is 15.5. The van der Waals surface area contributed by atoms with Crippen molar-refractivity contribution >= 4 is 46.3 Å². The second-order valence-electron chi connectivity index (χ2n) is 15.5. The zero-order valence-electron chi connectivity index (χ0n) is 34.9. The number of fused-ring (bicyclic) bond motifs is 1. The highest BCUT2D eigenvalue weighted by Crippen LogP contribution is 2.21. The van der Waals surface area contributed by atoms with Crippen molar-refractivity contribution in [2.24, 2.45) is 5.92 Å². The summed E-state index contributed by atoms with van der Waals surface area (Å²) >= 11 is 0. The minimum Gasteiger partial charge on any atom is -0.445 e. The number of hydrogen-bond donors (Lipinski definition) is 6. The van der Waals surface area contributed by atoms with Crippen LogP contribution < -0.4 is 26.8 Å². The molecule has 0 fully saturated rings. The molecule has 14 nitrogen and oxygen atoms in total. The number of carbonyl (C=O) groups excluding carboxylic acids is 6. The third kappa shape index (κ3) is 15.0. The Morgan fingerprint density at radius 3 is 2.00 bits per heavy atom.